The largest absolute Gasteiger partial charge is 0.342 e. The van der Waals surface area contributed by atoms with Crippen LogP contribution in [-0.2, 0) is 9.59 Å². The zero-order valence-electron chi connectivity index (χ0n) is 20.2. The van der Waals surface area contributed by atoms with Gasteiger partial charge in [-0.15, -0.1) is 0 Å². The number of hydrogen-bond donors (Lipinski definition) is 0. The van der Waals surface area contributed by atoms with Crippen molar-refractivity contribution in [1.29, 1.82) is 0 Å². The van der Waals surface area contributed by atoms with Crippen molar-refractivity contribution in [3.63, 3.8) is 0 Å². The van der Waals surface area contributed by atoms with Gasteiger partial charge < -0.3 is 4.90 Å². The van der Waals surface area contributed by atoms with Crippen molar-refractivity contribution in [2.75, 3.05) is 19.6 Å². The highest BCUT2D eigenvalue weighted by atomic mass is 16.2. The summed E-state index contributed by atoms with van der Waals surface area (Å²) < 4.78 is 0. The molecular weight excluding hydrogens is 422 g/mol. The third kappa shape index (κ3) is 3.85. The fourth-order valence-electron chi connectivity index (χ4n) is 5.53. The molecule has 2 unspecified atom stereocenters. The lowest BCUT2D eigenvalue weighted by Crippen LogP contribution is -2.41. The lowest BCUT2D eigenvalue weighted by molar-refractivity contribution is -0.132. The van der Waals surface area contributed by atoms with Crippen LogP contribution in [0.4, 0.5) is 0 Å². The van der Waals surface area contributed by atoms with Gasteiger partial charge in [0.2, 0.25) is 5.91 Å². The highest BCUT2D eigenvalue weighted by Crippen LogP contribution is 2.46. The Morgan fingerprint density at radius 3 is 2.24 bits per heavy atom. The van der Waals surface area contributed by atoms with Crippen molar-refractivity contribution >= 4 is 17.6 Å². The van der Waals surface area contributed by atoms with Gasteiger partial charge in [-0.05, 0) is 62.0 Å². The van der Waals surface area contributed by atoms with Crippen LogP contribution in [0.25, 0.3) is 11.1 Å². The predicted molar refractivity (Wildman–Crippen MR) is 133 cm³/mol. The Labute approximate surface area is 201 Å². The molecule has 2 heterocycles. The number of aliphatic imine (C=N–C) groups is 1. The number of hydrogen-bond acceptors (Lipinski definition) is 3. The van der Waals surface area contributed by atoms with Crippen LogP contribution in [0.15, 0.2) is 53.5 Å². The minimum atomic E-state index is -0.506. The average molecular weight is 456 g/mol. The minimum absolute atomic E-state index is 0.167. The van der Waals surface area contributed by atoms with Crippen molar-refractivity contribution in [3.8, 4) is 11.1 Å². The first-order valence-corrected chi connectivity index (χ1v) is 12.8. The molecule has 1 spiro atoms. The van der Waals surface area contributed by atoms with Gasteiger partial charge in [0.1, 0.15) is 11.4 Å². The molecule has 2 aromatic carbocycles. The summed E-state index contributed by atoms with van der Waals surface area (Å²) in [6, 6.07) is 17.0. The summed E-state index contributed by atoms with van der Waals surface area (Å²) in [4.78, 5) is 34.8. The lowest BCUT2D eigenvalue weighted by Gasteiger charge is -2.27. The number of amides is 2. The molecule has 176 valence electrons. The van der Waals surface area contributed by atoms with Gasteiger partial charge in [0.25, 0.3) is 5.91 Å². The molecule has 1 saturated heterocycles. The van der Waals surface area contributed by atoms with E-state index in [9.17, 15) is 9.59 Å². The van der Waals surface area contributed by atoms with Crippen molar-refractivity contribution in [1.82, 2.24) is 9.80 Å². The predicted octanol–water partition coefficient (Wildman–Crippen LogP) is 4.68. The molecule has 34 heavy (non-hydrogen) atoms. The number of carbonyl (C=O) groups excluding carboxylic acids is 2. The Bertz CT molecular complexity index is 1140. The van der Waals surface area contributed by atoms with E-state index in [2.05, 4.69) is 67.3 Å². The van der Waals surface area contributed by atoms with Gasteiger partial charge in [-0.25, -0.2) is 0 Å². The lowest BCUT2D eigenvalue weighted by atomic mass is 9.92. The molecule has 4 aliphatic rings. The highest BCUT2D eigenvalue weighted by molar-refractivity contribution is 6.16. The Morgan fingerprint density at radius 2 is 1.62 bits per heavy atom. The Kier molecular flexibility index (Phi) is 5.12. The molecule has 0 radical (unpaired) electrons. The van der Waals surface area contributed by atoms with E-state index in [0.29, 0.717) is 24.3 Å². The van der Waals surface area contributed by atoms with Gasteiger partial charge in [-0.1, -0.05) is 61.0 Å². The molecule has 3 fully saturated rings. The summed E-state index contributed by atoms with van der Waals surface area (Å²) in [7, 11) is 0. The number of amidine groups is 1. The average Bonchev–Trinajstić information content (AvgIpc) is 3.77. The first-order chi connectivity index (χ1) is 16.4. The zero-order valence-corrected chi connectivity index (χ0v) is 20.2. The van der Waals surface area contributed by atoms with Gasteiger partial charge in [0.15, 0.2) is 0 Å². The monoisotopic (exact) mass is 455 g/mol. The quantitative estimate of drug-likeness (QED) is 0.635. The number of carbonyl (C=O) groups is 2. The van der Waals surface area contributed by atoms with Crippen LogP contribution in [0.3, 0.4) is 0 Å². The molecule has 2 aliphatic carbocycles. The van der Waals surface area contributed by atoms with Crippen molar-refractivity contribution in [2.45, 2.75) is 51.5 Å². The molecule has 0 N–H and O–H groups in total. The number of likely N-dealkylation sites (tertiary alicyclic amines) is 1. The molecule has 5 heteroatoms. The van der Waals surface area contributed by atoms with Crippen molar-refractivity contribution < 1.29 is 9.59 Å². The Morgan fingerprint density at radius 1 is 1.00 bits per heavy atom. The number of rotatable bonds is 6. The maximum Gasteiger partial charge on any atom is 0.256 e. The molecule has 6 rings (SSSR count). The fourth-order valence-corrected chi connectivity index (χ4v) is 5.53. The van der Waals surface area contributed by atoms with Crippen LogP contribution in [0.1, 0.15) is 50.2 Å². The third-order valence-corrected chi connectivity index (χ3v) is 8.21. The van der Waals surface area contributed by atoms with Crippen LogP contribution < -0.4 is 0 Å². The normalized spacial score (nSPS) is 24.0. The molecule has 0 bridgehead atoms. The number of benzene rings is 2. The number of aryl methyl sites for hydroxylation is 1. The first kappa shape index (κ1) is 21.6. The highest BCUT2D eigenvalue weighted by Gasteiger charge is 2.57. The Balaban J connectivity index is 1.18. The van der Waals surface area contributed by atoms with Crippen LogP contribution in [0.5, 0.6) is 0 Å². The van der Waals surface area contributed by atoms with Crippen molar-refractivity contribution in [3.05, 3.63) is 59.7 Å². The molecule has 2 aliphatic heterocycles. The standard InChI is InChI=1S/C29H33N3O2/c1-19-3-5-21(6-4-19)22-7-9-23(10-8-22)26-30-29(14-15-29)28(34)32(26)17-20(2)25-13-16-31(18-25)27(33)24-11-12-24/h3-10,20,24-25H,11-18H2,1-2H3. The van der Waals surface area contributed by atoms with E-state index in [-0.39, 0.29) is 11.8 Å². The SMILES string of the molecule is Cc1ccc(-c2ccc(C3=NC4(CC4)C(=O)N3CC(C)C3CCN(C(=O)C4CC4)C3)cc2)cc1. The van der Waals surface area contributed by atoms with E-state index >= 15 is 0 Å². The second-order valence-corrected chi connectivity index (χ2v) is 10.9. The molecule has 2 saturated carbocycles. The van der Waals surface area contributed by atoms with E-state index in [1.165, 1.54) is 16.7 Å². The van der Waals surface area contributed by atoms with E-state index in [1.54, 1.807) is 0 Å². The van der Waals surface area contributed by atoms with Crippen molar-refractivity contribution in [2.24, 2.45) is 22.7 Å². The molecule has 2 aromatic rings. The van der Waals surface area contributed by atoms with Gasteiger partial charge in [0, 0.05) is 31.1 Å². The summed E-state index contributed by atoms with van der Waals surface area (Å²) in [6.45, 7) is 6.71. The second-order valence-electron chi connectivity index (χ2n) is 10.9. The molecular formula is C29H33N3O2. The van der Waals surface area contributed by atoms with Gasteiger partial charge in [-0.3, -0.25) is 19.5 Å². The number of nitrogens with zero attached hydrogens (tertiary/aromatic N) is 3. The summed E-state index contributed by atoms with van der Waals surface area (Å²) in [5.74, 6) is 2.39. The van der Waals surface area contributed by atoms with Crippen LogP contribution in [0, 0.1) is 24.7 Å². The first-order valence-electron chi connectivity index (χ1n) is 12.8. The van der Waals surface area contributed by atoms with Gasteiger partial charge >= 0.3 is 0 Å². The van der Waals surface area contributed by atoms with E-state index in [4.69, 9.17) is 4.99 Å². The fraction of sp³-hybridized carbons (Fsp3) is 0.483. The second kappa shape index (κ2) is 8.07. The molecule has 5 nitrogen and oxygen atoms in total. The maximum absolute atomic E-state index is 13.4. The smallest absolute Gasteiger partial charge is 0.256 e. The molecule has 2 atom stereocenters. The minimum Gasteiger partial charge on any atom is -0.342 e. The van der Waals surface area contributed by atoms with E-state index in [0.717, 1.165) is 56.6 Å². The summed E-state index contributed by atoms with van der Waals surface area (Å²) in [6.07, 6.45) is 4.86. The van der Waals surface area contributed by atoms with E-state index < -0.39 is 5.54 Å². The van der Waals surface area contributed by atoms with Gasteiger partial charge in [-0.2, -0.15) is 0 Å². The summed E-state index contributed by atoms with van der Waals surface area (Å²) >= 11 is 0. The Hall–Kier alpha value is -2.95. The maximum atomic E-state index is 13.4. The zero-order chi connectivity index (χ0) is 23.4. The summed E-state index contributed by atoms with van der Waals surface area (Å²) in [5.41, 5.74) is 4.12. The summed E-state index contributed by atoms with van der Waals surface area (Å²) in [5, 5.41) is 0. The molecule has 0 aromatic heterocycles. The third-order valence-electron chi connectivity index (χ3n) is 8.21. The van der Waals surface area contributed by atoms with E-state index in [1.807, 2.05) is 4.90 Å². The van der Waals surface area contributed by atoms with Crippen LogP contribution in [0.2, 0.25) is 0 Å². The molecule has 2 amide bonds. The van der Waals surface area contributed by atoms with Crippen LogP contribution in [-0.4, -0.2) is 52.6 Å². The van der Waals surface area contributed by atoms with Gasteiger partial charge in [0.05, 0.1) is 0 Å². The topological polar surface area (TPSA) is 53.0 Å². The van der Waals surface area contributed by atoms with Crippen LogP contribution >= 0.6 is 0 Å².